The molecule has 3 aromatic rings. The summed E-state index contributed by atoms with van der Waals surface area (Å²) in [7, 11) is 0. The molecule has 1 N–H and O–H groups in total. The first-order valence-corrected chi connectivity index (χ1v) is 10.7. The Kier molecular flexibility index (Phi) is 6.30. The maximum Gasteiger partial charge on any atom is 0.264 e. The highest BCUT2D eigenvalue weighted by atomic mass is 79.9. The van der Waals surface area contributed by atoms with Gasteiger partial charge in [-0.2, -0.15) is 0 Å². The molecule has 0 saturated carbocycles. The van der Waals surface area contributed by atoms with Gasteiger partial charge in [-0.1, -0.05) is 46.3 Å². The third-order valence-corrected chi connectivity index (χ3v) is 5.66. The van der Waals surface area contributed by atoms with E-state index in [1.807, 2.05) is 48.5 Å². The van der Waals surface area contributed by atoms with Crippen molar-refractivity contribution in [2.75, 3.05) is 0 Å². The molecule has 7 heteroatoms. The van der Waals surface area contributed by atoms with E-state index in [0.717, 1.165) is 15.6 Å². The van der Waals surface area contributed by atoms with Gasteiger partial charge in [0, 0.05) is 10.0 Å². The molecule has 4 rings (SSSR count). The highest BCUT2D eigenvalue weighted by Gasteiger charge is 2.24. The number of aliphatic imine (C=N–C) groups is 1. The minimum absolute atomic E-state index is 0.233. The lowest BCUT2D eigenvalue weighted by molar-refractivity contribution is -0.115. The minimum atomic E-state index is -0.331. The molecule has 4 nitrogen and oxygen atoms in total. The zero-order valence-electron chi connectivity index (χ0n) is 15.6. The van der Waals surface area contributed by atoms with Crippen molar-refractivity contribution < 1.29 is 13.9 Å². The van der Waals surface area contributed by atoms with Gasteiger partial charge in [0.2, 0.25) is 0 Å². The smallest absolute Gasteiger partial charge is 0.264 e. The van der Waals surface area contributed by atoms with Gasteiger partial charge in [0.15, 0.2) is 5.17 Å². The third kappa shape index (κ3) is 5.17. The number of amides is 1. The average Bonchev–Trinajstić information content (AvgIpc) is 3.09. The summed E-state index contributed by atoms with van der Waals surface area (Å²) in [5, 5.41) is 3.19. The zero-order valence-corrected chi connectivity index (χ0v) is 18.0. The first-order valence-electron chi connectivity index (χ1n) is 9.08. The number of amidine groups is 1. The fraction of sp³-hybridized carbons (Fsp3) is 0.0435. The molecule has 1 fully saturated rings. The molecular weight excluding hydrogens is 467 g/mol. The Labute approximate surface area is 186 Å². The van der Waals surface area contributed by atoms with Crippen molar-refractivity contribution in [3.63, 3.8) is 0 Å². The molecule has 0 radical (unpaired) electrons. The van der Waals surface area contributed by atoms with Crippen molar-refractivity contribution in [3.05, 3.63) is 99.1 Å². The lowest BCUT2D eigenvalue weighted by atomic mass is 10.2. The molecule has 0 aromatic heterocycles. The fourth-order valence-corrected chi connectivity index (χ4v) is 3.82. The van der Waals surface area contributed by atoms with Crippen LogP contribution in [0.2, 0.25) is 0 Å². The number of halogens is 2. The van der Waals surface area contributed by atoms with Crippen LogP contribution in [0, 0.1) is 5.82 Å². The number of rotatable bonds is 5. The molecule has 150 valence electrons. The molecule has 1 amide bonds. The maximum absolute atomic E-state index is 13.0. The van der Waals surface area contributed by atoms with Gasteiger partial charge in [0.05, 0.1) is 10.6 Å². The third-order valence-electron chi connectivity index (χ3n) is 4.22. The van der Waals surface area contributed by atoms with Crippen molar-refractivity contribution in [3.8, 4) is 5.75 Å². The molecule has 0 spiro atoms. The predicted octanol–water partition coefficient (Wildman–Crippen LogP) is 6.06. The Balaban J connectivity index is 1.51. The molecule has 1 heterocycles. The number of hydrogen-bond donors (Lipinski definition) is 1. The molecule has 0 aliphatic carbocycles. The van der Waals surface area contributed by atoms with Gasteiger partial charge < -0.3 is 10.1 Å². The summed E-state index contributed by atoms with van der Waals surface area (Å²) in [6, 6.07) is 21.2. The summed E-state index contributed by atoms with van der Waals surface area (Å²) in [6.07, 6.45) is 1.78. The van der Waals surface area contributed by atoms with Crippen LogP contribution in [0.25, 0.3) is 6.08 Å². The standard InChI is InChI=1S/C23H16BrFN2O2S/c24-17-7-5-15(6-8-17)14-29-20-4-2-1-3-16(20)13-21-22(28)27-23(30-21)26-19-11-9-18(25)10-12-19/h1-13H,14H2,(H,26,27,28)/b21-13+. The van der Waals surface area contributed by atoms with E-state index in [4.69, 9.17) is 4.74 Å². The summed E-state index contributed by atoms with van der Waals surface area (Å²) < 4.78 is 20.0. The first kappa shape index (κ1) is 20.4. The number of carbonyl (C=O) groups excluding carboxylic acids is 1. The highest BCUT2D eigenvalue weighted by Crippen LogP contribution is 2.31. The van der Waals surface area contributed by atoms with Crippen LogP contribution in [-0.4, -0.2) is 11.1 Å². The molecule has 0 bridgehead atoms. The number of thioether (sulfide) groups is 1. The largest absolute Gasteiger partial charge is 0.488 e. The fourth-order valence-electron chi connectivity index (χ4n) is 2.73. The first-order chi connectivity index (χ1) is 14.6. The normalized spacial score (nSPS) is 16.1. The highest BCUT2D eigenvalue weighted by molar-refractivity contribution is 9.10. The molecule has 1 saturated heterocycles. The molecule has 0 atom stereocenters. The van der Waals surface area contributed by atoms with Gasteiger partial charge in [-0.3, -0.25) is 4.79 Å². The predicted molar refractivity (Wildman–Crippen MR) is 122 cm³/mol. The van der Waals surface area contributed by atoms with Crippen LogP contribution in [0.3, 0.4) is 0 Å². The van der Waals surface area contributed by atoms with Crippen LogP contribution in [0.1, 0.15) is 11.1 Å². The van der Waals surface area contributed by atoms with Gasteiger partial charge in [-0.05, 0) is 65.9 Å². The van der Waals surface area contributed by atoms with Crippen LogP contribution in [0.15, 0.2) is 87.2 Å². The summed E-state index contributed by atoms with van der Waals surface area (Å²) in [6.45, 7) is 0.421. The van der Waals surface area contributed by atoms with Gasteiger partial charge in [-0.15, -0.1) is 0 Å². The average molecular weight is 483 g/mol. The zero-order chi connectivity index (χ0) is 20.9. The van der Waals surface area contributed by atoms with E-state index >= 15 is 0 Å². The van der Waals surface area contributed by atoms with Gasteiger partial charge in [0.25, 0.3) is 5.91 Å². The van der Waals surface area contributed by atoms with Crippen LogP contribution < -0.4 is 10.1 Å². The summed E-state index contributed by atoms with van der Waals surface area (Å²) in [5.41, 5.74) is 2.41. The van der Waals surface area contributed by atoms with Crippen LogP contribution >= 0.6 is 27.7 Å². The number of nitrogens with one attached hydrogen (secondary N) is 1. The van der Waals surface area contributed by atoms with Crippen LogP contribution in [0.5, 0.6) is 5.75 Å². The van der Waals surface area contributed by atoms with E-state index in [9.17, 15) is 9.18 Å². The maximum atomic E-state index is 13.0. The summed E-state index contributed by atoms with van der Waals surface area (Å²) >= 11 is 4.65. The summed E-state index contributed by atoms with van der Waals surface area (Å²) in [5.74, 6) is 0.121. The van der Waals surface area contributed by atoms with E-state index in [2.05, 4.69) is 26.2 Å². The van der Waals surface area contributed by atoms with Crippen molar-refractivity contribution >= 4 is 50.5 Å². The Hall–Kier alpha value is -2.90. The number of nitrogens with zero attached hydrogens (tertiary/aromatic N) is 1. The number of ether oxygens (including phenoxy) is 1. The minimum Gasteiger partial charge on any atom is -0.488 e. The van der Waals surface area contributed by atoms with E-state index in [1.165, 1.54) is 23.9 Å². The molecule has 0 unspecified atom stereocenters. The second-order valence-corrected chi connectivity index (χ2v) is 8.36. The van der Waals surface area contributed by atoms with E-state index in [1.54, 1.807) is 18.2 Å². The van der Waals surface area contributed by atoms with E-state index < -0.39 is 0 Å². The Bertz CT molecular complexity index is 1130. The van der Waals surface area contributed by atoms with Gasteiger partial charge in [-0.25, -0.2) is 9.38 Å². The molecule has 1 aliphatic heterocycles. The van der Waals surface area contributed by atoms with Crippen molar-refractivity contribution in [2.45, 2.75) is 6.61 Å². The lowest BCUT2D eigenvalue weighted by Gasteiger charge is -2.09. The van der Waals surface area contributed by atoms with E-state index in [0.29, 0.717) is 28.1 Å². The number of benzene rings is 3. The quantitative estimate of drug-likeness (QED) is 0.449. The molecular formula is C23H16BrFN2O2S. The van der Waals surface area contributed by atoms with Crippen LogP contribution in [-0.2, 0) is 11.4 Å². The van der Waals surface area contributed by atoms with Gasteiger partial charge in [0.1, 0.15) is 18.2 Å². The second kappa shape index (κ2) is 9.28. The number of hydrogen-bond acceptors (Lipinski definition) is 4. The monoisotopic (exact) mass is 482 g/mol. The molecule has 1 aliphatic rings. The Morgan fingerprint density at radius 2 is 1.77 bits per heavy atom. The Morgan fingerprint density at radius 3 is 2.53 bits per heavy atom. The van der Waals surface area contributed by atoms with E-state index in [-0.39, 0.29) is 11.7 Å². The lowest BCUT2D eigenvalue weighted by Crippen LogP contribution is -2.19. The SMILES string of the molecule is O=C1NC(=Nc2ccc(F)cc2)S/C1=C/c1ccccc1OCc1ccc(Br)cc1. The van der Waals surface area contributed by atoms with Gasteiger partial charge >= 0.3 is 0 Å². The number of carbonyl (C=O) groups is 1. The summed E-state index contributed by atoms with van der Waals surface area (Å²) in [4.78, 5) is 17.2. The Morgan fingerprint density at radius 1 is 1.03 bits per heavy atom. The van der Waals surface area contributed by atoms with Crippen LogP contribution in [0.4, 0.5) is 10.1 Å². The number of para-hydroxylation sites is 1. The van der Waals surface area contributed by atoms with Crippen molar-refractivity contribution in [1.82, 2.24) is 5.32 Å². The van der Waals surface area contributed by atoms with Crippen molar-refractivity contribution in [2.24, 2.45) is 4.99 Å². The molecule has 30 heavy (non-hydrogen) atoms. The second-order valence-electron chi connectivity index (χ2n) is 6.41. The topological polar surface area (TPSA) is 50.7 Å². The molecule has 3 aromatic carbocycles. The van der Waals surface area contributed by atoms with Crippen molar-refractivity contribution in [1.29, 1.82) is 0 Å².